The van der Waals surface area contributed by atoms with Gasteiger partial charge in [-0.25, -0.2) is 0 Å². The second-order valence-electron chi connectivity index (χ2n) is 4.30. The standard InChI is InChI=1S/C10H21N3O/c1-8(11)10(14)13(3)9-5-4-6-12(2)7-9/h8-9H,4-7,11H2,1-3H3. The summed E-state index contributed by atoms with van der Waals surface area (Å²) in [4.78, 5) is 15.7. The summed E-state index contributed by atoms with van der Waals surface area (Å²) in [5, 5.41) is 0. The van der Waals surface area contributed by atoms with E-state index in [1.165, 1.54) is 0 Å². The third kappa shape index (κ3) is 2.69. The van der Waals surface area contributed by atoms with Crippen LogP contribution in [0.4, 0.5) is 0 Å². The summed E-state index contributed by atoms with van der Waals surface area (Å²) in [5.74, 6) is 0.0466. The predicted molar refractivity (Wildman–Crippen MR) is 56.9 cm³/mol. The minimum atomic E-state index is -0.382. The summed E-state index contributed by atoms with van der Waals surface area (Å²) < 4.78 is 0. The second-order valence-corrected chi connectivity index (χ2v) is 4.30. The fourth-order valence-corrected chi connectivity index (χ4v) is 1.96. The molecule has 2 unspecified atom stereocenters. The molecule has 0 bridgehead atoms. The molecule has 1 fully saturated rings. The second kappa shape index (κ2) is 4.75. The van der Waals surface area contributed by atoms with Crippen LogP contribution in [0.2, 0.25) is 0 Å². The molecule has 4 heteroatoms. The molecule has 0 saturated carbocycles. The van der Waals surface area contributed by atoms with E-state index in [2.05, 4.69) is 11.9 Å². The third-order valence-corrected chi connectivity index (χ3v) is 2.88. The van der Waals surface area contributed by atoms with Crippen molar-refractivity contribution in [2.24, 2.45) is 5.73 Å². The van der Waals surface area contributed by atoms with Gasteiger partial charge in [0, 0.05) is 19.6 Å². The molecule has 0 aromatic heterocycles. The molecule has 1 aliphatic rings. The average Bonchev–Trinajstić information content (AvgIpc) is 2.15. The molecule has 2 N–H and O–H groups in total. The molecule has 0 radical (unpaired) electrons. The van der Waals surface area contributed by atoms with Gasteiger partial charge in [0.15, 0.2) is 0 Å². The van der Waals surface area contributed by atoms with E-state index in [1.54, 1.807) is 11.8 Å². The molecule has 2 atom stereocenters. The Bertz CT molecular complexity index is 206. The fourth-order valence-electron chi connectivity index (χ4n) is 1.96. The molecule has 1 rings (SSSR count). The van der Waals surface area contributed by atoms with E-state index in [-0.39, 0.29) is 11.9 Å². The molecule has 0 spiro atoms. The number of carbonyl (C=O) groups is 1. The molecule has 1 amide bonds. The first-order valence-corrected chi connectivity index (χ1v) is 5.23. The molecule has 1 saturated heterocycles. The molecule has 0 aliphatic carbocycles. The lowest BCUT2D eigenvalue weighted by Crippen LogP contribution is -2.51. The monoisotopic (exact) mass is 199 g/mol. The van der Waals surface area contributed by atoms with E-state index in [0.717, 1.165) is 25.9 Å². The predicted octanol–water partition coefficient (Wildman–Crippen LogP) is -0.114. The highest BCUT2D eigenvalue weighted by atomic mass is 16.2. The van der Waals surface area contributed by atoms with E-state index in [0.29, 0.717) is 6.04 Å². The van der Waals surface area contributed by atoms with E-state index >= 15 is 0 Å². The van der Waals surface area contributed by atoms with Crippen molar-refractivity contribution in [1.29, 1.82) is 0 Å². The average molecular weight is 199 g/mol. The molecule has 1 heterocycles. The van der Waals surface area contributed by atoms with Gasteiger partial charge in [-0.15, -0.1) is 0 Å². The van der Waals surface area contributed by atoms with Crippen LogP contribution in [0.1, 0.15) is 19.8 Å². The Kier molecular flexibility index (Phi) is 3.89. The van der Waals surface area contributed by atoms with Gasteiger partial charge >= 0.3 is 0 Å². The molecule has 1 aliphatic heterocycles. The first-order chi connectivity index (χ1) is 6.52. The van der Waals surface area contributed by atoms with Crippen LogP contribution >= 0.6 is 0 Å². The van der Waals surface area contributed by atoms with Gasteiger partial charge in [0.25, 0.3) is 0 Å². The third-order valence-electron chi connectivity index (χ3n) is 2.88. The lowest BCUT2D eigenvalue weighted by molar-refractivity contribution is -0.133. The Morgan fingerprint density at radius 1 is 1.64 bits per heavy atom. The van der Waals surface area contributed by atoms with Crippen molar-refractivity contribution in [2.75, 3.05) is 27.2 Å². The van der Waals surface area contributed by atoms with Gasteiger partial charge in [0.2, 0.25) is 5.91 Å². The molecule has 0 aromatic carbocycles. The van der Waals surface area contributed by atoms with Crippen molar-refractivity contribution in [1.82, 2.24) is 9.80 Å². The number of nitrogens with zero attached hydrogens (tertiary/aromatic N) is 2. The summed E-state index contributed by atoms with van der Waals surface area (Å²) in [7, 11) is 3.95. The van der Waals surface area contributed by atoms with E-state index in [1.807, 2.05) is 7.05 Å². The van der Waals surface area contributed by atoms with Gasteiger partial charge in [-0.3, -0.25) is 4.79 Å². The Morgan fingerprint density at radius 2 is 2.29 bits per heavy atom. The highest BCUT2D eigenvalue weighted by molar-refractivity contribution is 5.81. The largest absolute Gasteiger partial charge is 0.340 e. The zero-order valence-electron chi connectivity index (χ0n) is 9.36. The van der Waals surface area contributed by atoms with Gasteiger partial charge in [0.1, 0.15) is 0 Å². The van der Waals surface area contributed by atoms with E-state index in [4.69, 9.17) is 5.73 Å². The van der Waals surface area contributed by atoms with Crippen LogP contribution in [0.15, 0.2) is 0 Å². The van der Waals surface area contributed by atoms with Gasteiger partial charge in [-0.05, 0) is 33.4 Å². The van der Waals surface area contributed by atoms with Crippen LogP contribution in [-0.2, 0) is 4.79 Å². The zero-order chi connectivity index (χ0) is 10.7. The summed E-state index contributed by atoms with van der Waals surface area (Å²) in [6, 6.07) is -0.0421. The van der Waals surface area contributed by atoms with Crippen molar-refractivity contribution in [3.8, 4) is 0 Å². The fraction of sp³-hybridized carbons (Fsp3) is 0.900. The molecule has 0 aromatic rings. The molecule has 4 nitrogen and oxygen atoms in total. The maximum absolute atomic E-state index is 11.6. The van der Waals surface area contributed by atoms with Crippen LogP contribution in [0.25, 0.3) is 0 Å². The molecular formula is C10H21N3O. The molecule has 82 valence electrons. The summed E-state index contributed by atoms with van der Waals surface area (Å²) in [6.45, 7) is 3.84. The Hall–Kier alpha value is -0.610. The van der Waals surface area contributed by atoms with Gasteiger partial charge in [-0.2, -0.15) is 0 Å². The zero-order valence-corrected chi connectivity index (χ0v) is 9.36. The van der Waals surface area contributed by atoms with Gasteiger partial charge < -0.3 is 15.5 Å². The minimum absolute atomic E-state index is 0.0466. The number of likely N-dealkylation sites (N-methyl/N-ethyl adjacent to an activating group) is 2. The van der Waals surface area contributed by atoms with Crippen molar-refractivity contribution in [3.63, 3.8) is 0 Å². The lowest BCUT2D eigenvalue weighted by atomic mass is 10.0. The number of piperidine rings is 1. The Balaban J connectivity index is 2.51. The number of hydrogen-bond donors (Lipinski definition) is 1. The van der Waals surface area contributed by atoms with Crippen LogP contribution in [0.3, 0.4) is 0 Å². The number of carbonyl (C=O) groups excluding carboxylic acids is 1. The Labute approximate surface area is 86.0 Å². The number of hydrogen-bond acceptors (Lipinski definition) is 3. The highest BCUT2D eigenvalue weighted by Gasteiger charge is 2.25. The number of amides is 1. The van der Waals surface area contributed by atoms with E-state index < -0.39 is 0 Å². The van der Waals surface area contributed by atoms with E-state index in [9.17, 15) is 4.79 Å². The minimum Gasteiger partial charge on any atom is -0.340 e. The number of likely N-dealkylation sites (tertiary alicyclic amines) is 1. The first kappa shape index (κ1) is 11.5. The smallest absolute Gasteiger partial charge is 0.239 e. The van der Waals surface area contributed by atoms with Crippen molar-refractivity contribution in [2.45, 2.75) is 31.8 Å². The van der Waals surface area contributed by atoms with Crippen LogP contribution < -0.4 is 5.73 Å². The number of nitrogens with two attached hydrogens (primary N) is 1. The van der Waals surface area contributed by atoms with Crippen molar-refractivity contribution in [3.05, 3.63) is 0 Å². The SMILES string of the molecule is CC(N)C(=O)N(C)C1CCCN(C)C1. The lowest BCUT2D eigenvalue weighted by Gasteiger charge is -2.36. The first-order valence-electron chi connectivity index (χ1n) is 5.23. The van der Waals surface area contributed by atoms with Crippen LogP contribution in [-0.4, -0.2) is 55.0 Å². The van der Waals surface area contributed by atoms with Crippen LogP contribution in [0.5, 0.6) is 0 Å². The van der Waals surface area contributed by atoms with Gasteiger partial charge in [0.05, 0.1) is 6.04 Å². The highest BCUT2D eigenvalue weighted by Crippen LogP contribution is 2.13. The summed E-state index contributed by atoms with van der Waals surface area (Å²) in [6.07, 6.45) is 2.26. The Morgan fingerprint density at radius 3 is 2.79 bits per heavy atom. The summed E-state index contributed by atoms with van der Waals surface area (Å²) in [5.41, 5.74) is 5.57. The van der Waals surface area contributed by atoms with Crippen molar-refractivity contribution < 1.29 is 4.79 Å². The quantitative estimate of drug-likeness (QED) is 0.675. The topological polar surface area (TPSA) is 49.6 Å². The van der Waals surface area contributed by atoms with Gasteiger partial charge in [-0.1, -0.05) is 0 Å². The maximum atomic E-state index is 11.6. The maximum Gasteiger partial charge on any atom is 0.239 e. The normalized spacial score (nSPS) is 25.9. The molecule has 14 heavy (non-hydrogen) atoms. The van der Waals surface area contributed by atoms with Crippen LogP contribution in [0, 0.1) is 0 Å². The summed E-state index contributed by atoms with van der Waals surface area (Å²) >= 11 is 0. The van der Waals surface area contributed by atoms with Crippen molar-refractivity contribution >= 4 is 5.91 Å². The number of rotatable bonds is 2. The molecular weight excluding hydrogens is 178 g/mol.